The molecule has 2 rings (SSSR count). The van der Waals surface area contributed by atoms with Gasteiger partial charge < -0.3 is 14.8 Å². The summed E-state index contributed by atoms with van der Waals surface area (Å²) in [6.45, 7) is 2.62. The summed E-state index contributed by atoms with van der Waals surface area (Å²) in [5.74, 6) is -2.66. The zero-order valence-corrected chi connectivity index (χ0v) is 14.0. The maximum Gasteiger partial charge on any atom is 1.00 e. The Hall–Kier alpha value is 0.240. The standard InChI is InChI=1S/C9H13NO5S2.Na/c1-9(2)5(8(12)13)10-6(11)4(3-16)7(10)17(9,14)15;/h4-5,7,16H,3H2,1-2H3,(H,12,13);/q;+1/p-1/t4?,5-,7?;/m0./s1. The van der Waals surface area contributed by atoms with Gasteiger partial charge in [0.25, 0.3) is 0 Å². The van der Waals surface area contributed by atoms with Crippen LogP contribution in [-0.2, 0) is 19.4 Å². The van der Waals surface area contributed by atoms with E-state index in [1.807, 2.05) is 0 Å². The average Bonchev–Trinajstić information content (AvgIpc) is 2.32. The summed E-state index contributed by atoms with van der Waals surface area (Å²) in [6.07, 6.45) is 0. The molecule has 2 aliphatic heterocycles. The Kier molecular flexibility index (Phi) is 4.22. The van der Waals surface area contributed by atoms with Gasteiger partial charge in [-0.25, -0.2) is 8.42 Å². The number of aliphatic carboxylic acids is 1. The number of carbonyl (C=O) groups excluding carboxylic acids is 2. The molecule has 2 fully saturated rings. The van der Waals surface area contributed by atoms with Crippen molar-refractivity contribution in [2.75, 3.05) is 5.75 Å². The molecule has 0 spiro atoms. The Labute approximate surface area is 133 Å². The second-order valence-corrected chi connectivity index (χ2v) is 7.79. The number of sulfone groups is 1. The summed E-state index contributed by atoms with van der Waals surface area (Å²) in [4.78, 5) is 23.6. The van der Waals surface area contributed by atoms with E-state index in [0.717, 1.165) is 4.90 Å². The molecule has 2 aliphatic rings. The second-order valence-electron chi connectivity index (χ2n) is 4.80. The Morgan fingerprint density at radius 2 is 2.00 bits per heavy atom. The van der Waals surface area contributed by atoms with Crippen LogP contribution >= 0.6 is 12.6 Å². The van der Waals surface area contributed by atoms with Crippen molar-refractivity contribution in [1.29, 1.82) is 0 Å². The van der Waals surface area contributed by atoms with Crippen LogP contribution < -0.4 is 34.7 Å². The van der Waals surface area contributed by atoms with Gasteiger partial charge in [0.05, 0.1) is 22.7 Å². The molecule has 0 saturated carbocycles. The number of hydrogen-bond acceptors (Lipinski definition) is 6. The van der Waals surface area contributed by atoms with Crippen molar-refractivity contribution in [2.24, 2.45) is 5.92 Å². The molecule has 96 valence electrons. The summed E-state index contributed by atoms with van der Waals surface area (Å²) in [5.41, 5.74) is 0. The number of fused-ring (bicyclic) bond motifs is 1. The van der Waals surface area contributed by atoms with Crippen molar-refractivity contribution in [2.45, 2.75) is 30.0 Å². The van der Waals surface area contributed by atoms with Gasteiger partial charge in [0.1, 0.15) is 5.37 Å². The number of rotatable bonds is 2. The van der Waals surface area contributed by atoms with Crippen LogP contribution in [0, 0.1) is 5.92 Å². The molecule has 2 saturated heterocycles. The number of amides is 1. The fourth-order valence-electron chi connectivity index (χ4n) is 2.56. The average molecular weight is 301 g/mol. The van der Waals surface area contributed by atoms with E-state index in [1.54, 1.807) is 0 Å². The minimum atomic E-state index is -3.72. The maximum absolute atomic E-state index is 12.2. The van der Waals surface area contributed by atoms with Crippen LogP contribution in [0.1, 0.15) is 13.8 Å². The van der Waals surface area contributed by atoms with Crippen molar-refractivity contribution in [1.82, 2.24) is 4.90 Å². The first-order valence-electron chi connectivity index (χ1n) is 5.05. The number of β-lactam (4-membered cyclic amide) rings is 1. The molecular weight excluding hydrogens is 289 g/mol. The minimum Gasteiger partial charge on any atom is -0.548 e. The summed E-state index contributed by atoms with van der Waals surface area (Å²) < 4.78 is 22.8. The predicted octanol–water partition coefficient (Wildman–Crippen LogP) is -4.97. The molecule has 6 nitrogen and oxygen atoms in total. The number of carboxylic acid groups (broad SMARTS) is 1. The number of carboxylic acids is 1. The van der Waals surface area contributed by atoms with E-state index in [4.69, 9.17) is 0 Å². The van der Waals surface area contributed by atoms with Crippen LogP contribution in [0.4, 0.5) is 0 Å². The molecule has 0 bridgehead atoms. The van der Waals surface area contributed by atoms with Crippen LogP contribution in [0.15, 0.2) is 0 Å². The molecule has 2 unspecified atom stereocenters. The number of hydrogen-bond donors (Lipinski definition) is 1. The van der Waals surface area contributed by atoms with Crippen molar-refractivity contribution < 1.29 is 52.7 Å². The van der Waals surface area contributed by atoms with Gasteiger partial charge in [-0.05, 0) is 13.8 Å². The quantitative estimate of drug-likeness (QED) is 0.313. The molecule has 2 heterocycles. The molecule has 0 aliphatic carbocycles. The van der Waals surface area contributed by atoms with Gasteiger partial charge in [-0.3, -0.25) is 4.79 Å². The molecule has 0 aromatic carbocycles. The smallest absolute Gasteiger partial charge is 0.548 e. The Balaban J connectivity index is 0.00000162. The second kappa shape index (κ2) is 4.66. The van der Waals surface area contributed by atoms with Crippen LogP contribution in [0.2, 0.25) is 0 Å². The van der Waals surface area contributed by atoms with E-state index in [9.17, 15) is 23.1 Å². The first kappa shape index (κ1) is 16.3. The summed E-state index contributed by atoms with van der Waals surface area (Å²) >= 11 is 3.93. The summed E-state index contributed by atoms with van der Waals surface area (Å²) in [7, 11) is -3.72. The zero-order valence-electron chi connectivity index (χ0n) is 10.3. The molecule has 3 atom stereocenters. The first-order chi connectivity index (χ1) is 7.67. The Bertz CT molecular complexity index is 503. The SMILES string of the molecule is CC1(C)[C@H](C(=O)[O-])N2C(=O)C(CS)C2S1(=O)=O.[Na+]. The van der Waals surface area contributed by atoms with Crippen molar-refractivity contribution >= 4 is 34.3 Å². The minimum absolute atomic E-state index is 0. The molecular formula is C9H12NNaO5S2. The monoisotopic (exact) mass is 301 g/mol. The van der Waals surface area contributed by atoms with Crippen LogP contribution in [0.5, 0.6) is 0 Å². The largest absolute Gasteiger partial charge is 1.00 e. The van der Waals surface area contributed by atoms with Crippen molar-refractivity contribution in [3.05, 3.63) is 0 Å². The molecule has 18 heavy (non-hydrogen) atoms. The van der Waals surface area contributed by atoms with Gasteiger partial charge in [0.15, 0.2) is 9.84 Å². The molecule has 0 N–H and O–H groups in total. The van der Waals surface area contributed by atoms with E-state index >= 15 is 0 Å². The third-order valence-electron chi connectivity index (χ3n) is 3.60. The van der Waals surface area contributed by atoms with E-state index in [-0.39, 0.29) is 35.3 Å². The third kappa shape index (κ3) is 1.69. The normalized spacial score (nSPS) is 35.4. The molecule has 0 aromatic heterocycles. The number of carbonyl (C=O) groups is 2. The van der Waals surface area contributed by atoms with Crippen molar-refractivity contribution in [3.63, 3.8) is 0 Å². The van der Waals surface area contributed by atoms with Crippen molar-refractivity contribution in [3.8, 4) is 0 Å². The Morgan fingerprint density at radius 1 is 1.50 bits per heavy atom. The fourth-order valence-corrected chi connectivity index (χ4v) is 5.37. The zero-order chi connectivity index (χ0) is 13.2. The number of nitrogens with zero attached hydrogens (tertiary/aromatic N) is 1. The van der Waals surface area contributed by atoms with Gasteiger partial charge in [0, 0.05) is 5.75 Å². The van der Waals surface area contributed by atoms with Gasteiger partial charge in [-0.15, -0.1) is 0 Å². The van der Waals surface area contributed by atoms with Gasteiger partial charge >= 0.3 is 29.6 Å². The molecule has 1 amide bonds. The Morgan fingerprint density at radius 3 is 2.39 bits per heavy atom. The predicted molar refractivity (Wildman–Crippen MR) is 59.8 cm³/mol. The maximum atomic E-state index is 12.2. The van der Waals surface area contributed by atoms with Crippen LogP contribution in [0.25, 0.3) is 0 Å². The van der Waals surface area contributed by atoms with E-state index in [1.165, 1.54) is 13.8 Å². The topological polar surface area (TPSA) is 94.6 Å². The van der Waals surface area contributed by atoms with Crippen LogP contribution in [0.3, 0.4) is 0 Å². The van der Waals surface area contributed by atoms with Crippen LogP contribution in [-0.4, -0.2) is 47.1 Å². The van der Waals surface area contributed by atoms with E-state index in [0.29, 0.717) is 0 Å². The van der Waals surface area contributed by atoms with Gasteiger partial charge in [0.2, 0.25) is 5.91 Å². The van der Waals surface area contributed by atoms with E-state index in [2.05, 4.69) is 12.6 Å². The molecule has 9 heteroatoms. The number of thiol groups is 1. The van der Waals surface area contributed by atoms with Gasteiger partial charge in [-0.1, -0.05) is 0 Å². The fraction of sp³-hybridized carbons (Fsp3) is 0.778. The molecule has 0 radical (unpaired) electrons. The summed E-state index contributed by atoms with van der Waals surface area (Å²) in [6, 6.07) is -1.42. The summed E-state index contributed by atoms with van der Waals surface area (Å²) in [5, 5.41) is 9.98. The first-order valence-corrected chi connectivity index (χ1v) is 7.23. The molecule has 0 aromatic rings. The van der Waals surface area contributed by atoms with E-state index < -0.39 is 43.8 Å². The third-order valence-corrected chi connectivity index (χ3v) is 6.87. The van der Waals surface area contributed by atoms with Gasteiger partial charge in [-0.2, -0.15) is 12.6 Å².